The minimum Gasteiger partial charge on any atom is -0.346 e. The normalized spacial score (nSPS) is 32.1. The molecule has 2 heterocycles. The maximum absolute atomic E-state index is 6.42. The number of rotatable bonds is 2. The van der Waals surface area contributed by atoms with E-state index in [1.54, 1.807) is 0 Å². The average molecular weight is 362 g/mol. The molecule has 1 saturated carbocycles. The molecule has 140 valence electrons. The Bertz CT molecular complexity index is 926. The topological polar surface area (TPSA) is 36.3 Å². The van der Waals surface area contributed by atoms with Gasteiger partial charge in [0.2, 0.25) is 0 Å². The molecule has 0 unspecified atom stereocenters. The molecule has 1 spiro atoms. The quantitative estimate of drug-likeness (QED) is 0.732. The number of hydrogen-bond acceptors (Lipinski definition) is 3. The predicted octanol–water partition coefficient (Wildman–Crippen LogP) is 4.61. The number of benzene rings is 1. The molecule has 0 radical (unpaired) electrons. The Hall–Kier alpha value is -2.17. The van der Waals surface area contributed by atoms with Crippen LogP contribution in [0.2, 0.25) is 0 Å². The molecule has 1 aliphatic heterocycles. The fourth-order valence-electron chi connectivity index (χ4n) is 4.97. The average Bonchev–Trinajstić information content (AvgIpc) is 3.27. The van der Waals surface area contributed by atoms with E-state index in [9.17, 15) is 0 Å². The van der Waals surface area contributed by atoms with Crippen LogP contribution in [0.4, 0.5) is 0 Å². The summed E-state index contributed by atoms with van der Waals surface area (Å²) in [6.07, 6.45) is 10.2. The molecule has 27 heavy (non-hydrogen) atoms. The van der Waals surface area contributed by atoms with E-state index in [0.29, 0.717) is 6.61 Å². The van der Waals surface area contributed by atoms with Gasteiger partial charge < -0.3 is 9.47 Å². The van der Waals surface area contributed by atoms with Crippen molar-refractivity contribution in [1.29, 1.82) is 0 Å². The molecule has 3 atom stereocenters. The second-order valence-electron chi connectivity index (χ2n) is 8.29. The van der Waals surface area contributed by atoms with Gasteiger partial charge in [0.15, 0.2) is 5.79 Å². The number of hydrogen-bond donors (Lipinski definition) is 0. The van der Waals surface area contributed by atoms with Crippen LogP contribution in [0.15, 0.2) is 48.7 Å². The van der Waals surface area contributed by atoms with Crippen molar-refractivity contribution in [3.05, 3.63) is 65.5 Å². The molecule has 4 heteroatoms. The zero-order valence-corrected chi connectivity index (χ0v) is 16.1. The first kappa shape index (κ1) is 17.0. The van der Waals surface area contributed by atoms with Gasteiger partial charge in [-0.25, -0.2) is 4.68 Å². The Morgan fingerprint density at radius 1 is 1.30 bits per heavy atom. The van der Waals surface area contributed by atoms with Gasteiger partial charge in [-0.1, -0.05) is 36.3 Å². The van der Waals surface area contributed by atoms with Crippen molar-refractivity contribution in [1.82, 2.24) is 9.78 Å². The third-order valence-corrected chi connectivity index (χ3v) is 6.61. The van der Waals surface area contributed by atoms with E-state index in [2.05, 4.69) is 55.4 Å². The maximum Gasteiger partial charge on any atom is 0.178 e. The first-order chi connectivity index (χ1) is 13.0. The van der Waals surface area contributed by atoms with Gasteiger partial charge in [0.05, 0.1) is 24.2 Å². The first-order valence-electron chi connectivity index (χ1n) is 9.84. The summed E-state index contributed by atoms with van der Waals surface area (Å²) in [5, 5.41) is 4.71. The molecular weight excluding hydrogens is 336 g/mol. The Morgan fingerprint density at radius 3 is 2.85 bits per heavy atom. The van der Waals surface area contributed by atoms with Crippen molar-refractivity contribution >= 4 is 6.08 Å². The number of aryl methyl sites for hydroxylation is 1. The highest BCUT2D eigenvalue weighted by Gasteiger charge is 2.59. The smallest absolute Gasteiger partial charge is 0.178 e. The van der Waals surface area contributed by atoms with Gasteiger partial charge in [0.1, 0.15) is 6.10 Å². The number of aromatic nitrogens is 2. The summed E-state index contributed by atoms with van der Waals surface area (Å²) in [6, 6.07) is 8.54. The third kappa shape index (κ3) is 2.40. The lowest BCUT2D eigenvalue weighted by atomic mass is 9.62. The summed E-state index contributed by atoms with van der Waals surface area (Å²) < 4.78 is 14.8. The van der Waals surface area contributed by atoms with Crippen molar-refractivity contribution in [3.63, 3.8) is 0 Å². The second-order valence-corrected chi connectivity index (χ2v) is 8.29. The molecule has 1 saturated heterocycles. The lowest BCUT2D eigenvalue weighted by Crippen LogP contribution is -2.53. The molecule has 4 nitrogen and oxygen atoms in total. The largest absolute Gasteiger partial charge is 0.346 e. The van der Waals surface area contributed by atoms with Gasteiger partial charge in [0.25, 0.3) is 0 Å². The van der Waals surface area contributed by atoms with E-state index < -0.39 is 5.79 Å². The Balaban J connectivity index is 1.57. The van der Waals surface area contributed by atoms with Crippen molar-refractivity contribution in [2.24, 2.45) is 5.41 Å². The lowest BCUT2D eigenvalue weighted by molar-refractivity contribution is -0.239. The summed E-state index contributed by atoms with van der Waals surface area (Å²) in [7, 11) is 0. The van der Waals surface area contributed by atoms with E-state index in [0.717, 1.165) is 31.4 Å². The lowest BCUT2D eigenvalue weighted by Gasteiger charge is -2.51. The molecule has 2 aromatic rings. The summed E-state index contributed by atoms with van der Waals surface area (Å²) in [4.78, 5) is 0. The summed E-state index contributed by atoms with van der Waals surface area (Å²) >= 11 is 0. The number of nitrogens with zero attached hydrogens (tertiary/aromatic N) is 2. The van der Waals surface area contributed by atoms with Crippen LogP contribution in [0.3, 0.4) is 0 Å². The standard InChI is InChI=1S/C23H26N2O2/c1-4-20-15-26-23(27-20)11-5-6-18-12-21-17(13-22(18,23)3)14-24-25(21)19-9-7-16(2)8-10-19/h4,7-10,12,14,20H,1,5-6,11,13,15H2,2-3H3/t20-,22-,23-/m0/s1. The molecule has 3 aliphatic rings. The molecule has 1 aromatic carbocycles. The zero-order chi connectivity index (χ0) is 18.6. The Labute approximate surface area is 160 Å². The molecule has 5 rings (SSSR count). The Kier molecular flexibility index (Phi) is 3.72. The van der Waals surface area contributed by atoms with Crippen molar-refractivity contribution < 1.29 is 9.47 Å². The first-order valence-corrected chi connectivity index (χ1v) is 9.84. The molecular formula is C23H26N2O2. The van der Waals surface area contributed by atoms with Crippen LogP contribution < -0.4 is 0 Å². The van der Waals surface area contributed by atoms with E-state index in [4.69, 9.17) is 14.6 Å². The molecule has 1 aromatic heterocycles. The number of ether oxygens (including phenoxy) is 2. The van der Waals surface area contributed by atoms with Gasteiger partial charge in [-0.05, 0) is 50.0 Å². The van der Waals surface area contributed by atoms with Crippen molar-refractivity contribution in [3.8, 4) is 5.69 Å². The summed E-state index contributed by atoms with van der Waals surface area (Å²) in [5.41, 5.74) is 6.08. The highest BCUT2D eigenvalue weighted by molar-refractivity contribution is 5.62. The Morgan fingerprint density at radius 2 is 2.11 bits per heavy atom. The fourth-order valence-corrected chi connectivity index (χ4v) is 4.97. The minimum atomic E-state index is -0.542. The van der Waals surface area contributed by atoms with Crippen LogP contribution in [-0.2, 0) is 15.9 Å². The zero-order valence-electron chi connectivity index (χ0n) is 16.1. The molecule has 0 bridgehead atoms. The van der Waals surface area contributed by atoms with Crippen LogP contribution in [-0.4, -0.2) is 28.3 Å². The highest BCUT2D eigenvalue weighted by Crippen LogP contribution is 2.57. The van der Waals surface area contributed by atoms with Gasteiger partial charge in [-0.2, -0.15) is 5.10 Å². The summed E-state index contributed by atoms with van der Waals surface area (Å²) in [6.45, 7) is 8.90. The van der Waals surface area contributed by atoms with Crippen LogP contribution in [0.5, 0.6) is 0 Å². The van der Waals surface area contributed by atoms with Crippen LogP contribution >= 0.6 is 0 Å². The van der Waals surface area contributed by atoms with Gasteiger partial charge >= 0.3 is 0 Å². The third-order valence-electron chi connectivity index (χ3n) is 6.61. The highest BCUT2D eigenvalue weighted by atomic mass is 16.7. The molecule has 2 fully saturated rings. The van der Waals surface area contributed by atoms with Crippen LogP contribution in [0, 0.1) is 12.3 Å². The number of fused-ring (bicyclic) bond motifs is 3. The molecule has 2 aliphatic carbocycles. The maximum atomic E-state index is 6.42. The SMILES string of the molecule is C=C[C@H]1CO[C@@]2(CCCC3=Cc4c(cnn4-c4ccc(C)cc4)C[C@@]32C)O1. The molecule has 0 N–H and O–H groups in total. The van der Waals surface area contributed by atoms with Crippen molar-refractivity contribution in [2.75, 3.05) is 6.61 Å². The fraction of sp³-hybridized carbons (Fsp3) is 0.435. The second kappa shape index (κ2) is 5.91. The monoisotopic (exact) mass is 362 g/mol. The van der Waals surface area contributed by atoms with Crippen molar-refractivity contribution in [2.45, 2.75) is 51.4 Å². The van der Waals surface area contributed by atoms with Gasteiger partial charge in [0, 0.05) is 11.8 Å². The van der Waals surface area contributed by atoms with E-state index in [1.165, 1.54) is 22.4 Å². The predicted molar refractivity (Wildman–Crippen MR) is 106 cm³/mol. The molecule has 0 amide bonds. The van der Waals surface area contributed by atoms with E-state index in [-0.39, 0.29) is 11.5 Å². The summed E-state index contributed by atoms with van der Waals surface area (Å²) in [5.74, 6) is -0.542. The van der Waals surface area contributed by atoms with E-state index in [1.807, 2.05) is 12.3 Å². The van der Waals surface area contributed by atoms with Gasteiger partial charge in [-0.15, -0.1) is 6.58 Å². The van der Waals surface area contributed by atoms with Crippen LogP contribution in [0.25, 0.3) is 11.8 Å². The van der Waals surface area contributed by atoms with Gasteiger partial charge in [-0.3, -0.25) is 0 Å². The van der Waals surface area contributed by atoms with Crippen LogP contribution in [0.1, 0.15) is 43.0 Å². The van der Waals surface area contributed by atoms with E-state index >= 15 is 0 Å². The minimum absolute atomic E-state index is 0.0159.